The van der Waals surface area contributed by atoms with Gasteiger partial charge in [0, 0.05) is 36.0 Å². The first-order chi connectivity index (χ1) is 9.76. The number of nitrogens with zero attached hydrogens (tertiary/aromatic N) is 2. The van der Waals surface area contributed by atoms with Gasteiger partial charge in [0.05, 0.1) is 18.2 Å². The lowest BCUT2D eigenvalue weighted by atomic mass is 10.1. The van der Waals surface area contributed by atoms with Gasteiger partial charge in [-0.3, -0.25) is 9.88 Å². The first-order valence-electron chi connectivity index (χ1n) is 7.01. The van der Waals surface area contributed by atoms with E-state index in [0.29, 0.717) is 6.10 Å². The monoisotopic (exact) mass is 334 g/mol. The summed E-state index contributed by atoms with van der Waals surface area (Å²) in [5.41, 5.74) is 3.54. The van der Waals surface area contributed by atoms with Gasteiger partial charge in [-0.05, 0) is 24.6 Å². The van der Waals surface area contributed by atoms with Crippen molar-refractivity contribution in [3.8, 4) is 0 Å². The normalized spacial score (nSPS) is 20.4. The Morgan fingerprint density at radius 3 is 3.10 bits per heavy atom. The summed E-state index contributed by atoms with van der Waals surface area (Å²) in [6.07, 6.45) is 0.304. The SMILES string of the molecule is Cc1cc(CN2CCOC(CBr)C2)c2ccccc2n1. The van der Waals surface area contributed by atoms with Crippen molar-refractivity contribution in [3.05, 3.63) is 41.6 Å². The third-order valence-electron chi connectivity index (χ3n) is 3.72. The third-order valence-corrected chi connectivity index (χ3v) is 4.44. The molecular formula is C16H19BrN2O. The molecule has 1 atom stereocenters. The maximum absolute atomic E-state index is 5.71. The highest BCUT2D eigenvalue weighted by Gasteiger charge is 2.20. The molecular weight excluding hydrogens is 316 g/mol. The molecule has 0 N–H and O–H groups in total. The van der Waals surface area contributed by atoms with Crippen LogP contribution in [0.25, 0.3) is 10.9 Å². The van der Waals surface area contributed by atoms with Crippen LogP contribution in [0.2, 0.25) is 0 Å². The maximum Gasteiger partial charge on any atom is 0.0799 e. The van der Waals surface area contributed by atoms with Crippen LogP contribution in [-0.4, -0.2) is 41.0 Å². The van der Waals surface area contributed by atoms with Crippen LogP contribution in [0.5, 0.6) is 0 Å². The lowest BCUT2D eigenvalue weighted by Gasteiger charge is -2.32. The third kappa shape index (κ3) is 3.03. The van der Waals surface area contributed by atoms with Crippen molar-refractivity contribution < 1.29 is 4.74 Å². The summed E-state index contributed by atoms with van der Waals surface area (Å²) >= 11 is 3.51. The van der Waals surface area contributed by atoms with Crippen LogP contribution >= 0.6 is 15.9 Å². The number of hydrogen-bond acceptors (Lipinski definition) is 3. The number of rotatable bonds is 3. The zero-order chi connectivity index (χ0) is 13.9. The van der Waals surface area contributed by atoms with Gasteiger partial charge in [0.15, 0.2) is 0 Å². The van der Waals surface area contributed by atoms with Crippen molar-refractivity contribution in [3.63, 3.8) is 0 Å². The Morgan fingerprint density at radius 1 is 1.40 bits per heavy atom. The summed E-state index contributed by atoms with van der Waals surface area (Å²) in [6.45, 7) is 5.84. The second kappa shape index (κ2) is 6.20. The second-order valence-electron chi connectivity index (χ2n) is 5.32. The van der Waals surface area contributed by atoms with Crippen molar-refractivity contribution in [2.24, 2.45) is 0 Å². The van der Waals surface area contributed by atoms with E-state index >= 15 is 0 Å². The number of benzene rings is 1. The molecule has 1 aromatic heterocycles. The summed E-state index contributed by atoms with van der Waals surface area (Å²) < 4.78 is 5.71. The zero-order valence-corrected chi connectivity index (χ0v) is 13.3. The van der Waals surface area contributed by atoms with Gasteiger partial charge < -0.3 is 4.74 Å². The molecule has 1 unspecified atom stereocenters. The van der Waals surface area contributed by atoms with Crippen LogP contribution in [0.4, 0.5) is 0 Å². The molecule has 20 heavy (non-hydrogen) atoms. The summed E-state index contributed by atoms with van der Waals surface area (Å²) in [5, 5.41) is 2.17. The minimum atomic E-state index is 0.304. The molecule has 1 aromatic carbocycles. The van der Waals surface area contributed by atoms with Gasteiger partial charge in [0.1, 0.15) is 0 Å². The lowest BCUT2D eigenvalue weighted by Crippen LogP contribution is -2.42. The smallest absolute Gasteiger partial charge is 0.0799 e. The lowest BCUT2D eigenvalue weighted by molar-refractivity contribution is -0.0180. The fraction of sp³-hybridized carbons (Fsp3) is 0.438. The van der Waals surface area contributed by atoms with Gasteiger partial charge >= 0.3 is 0 Å². The first-order valence-corrected chi connectivity index (χ1v) is 8.13. The van der Waals surface area contributed by atoms with E-state index in [4.69, 9.17) is 4.74 Å². The maximum atomic E-state index is 5.71. The predicted molar refractivity (Wildman–Crippen MR) is 85.3 cm³/mol. The molecule has 1 saturated heterocycles. The number of alkyl halides is 1. The number of ether oxygens (including phenoxy) is 1. The Morgan fingerprint density at radius 2 is 2.25 bits per heavy atom. The van der Waals surface area contributed by atoms with E-state index in [1.54, 1.807) is 0 Å². The van der Waals surface area contributed by atoms with Gasteiger partial charge in [0.25, 0.3) is 0 Å². The Balaban J connectivity index is 1.86. The molecule has 0 saturated carbocycles. The van der Waals surface area contributed by atoms with Gasteiger partial charge in [-0.1, -0.05) is 34.1 Å². The molecule has 3 nitrogen and oxygen atoms in total. The number of aryl methyl sites for hydroxylation is 1. The summed E-state index contributed by atoms with van der Waals surface area (Å²) in [5.74, 6) is 0. The summed E-state index contributed by atoms with van der Waals surface area (Å²) in [7, 11) is 0. The van der Waals surface area contributed by atoms with Crippen molar-refractivity contribution >= 4 is 26.8 Å². The highest BCUT2D eigenvalue weighted by Crippen LogP contribution is 2.21. The number of para-hydroxylation sites is 1. The Labute approximate surface area is 128 Å². The van der Waals surface area contributed by atoms with Crippen LogP contribution in [0.15, 0.2) is 30.3 Å². The van der Waals surface area contributed by atoms with E-state index in [2.05, 4.69) is 57.0 Å². The molecule has 2 heterocycles. The van der Waals surface area contributed by atoms with Gasteiger partial charge in [-0.2, -0.15) is 0 Å². The highest BCUT2D eigenvalue weighted by molar-refractivity contribution is 9.09. The molecule has 4 heteroatoms. The Kier molecular flexibility index (Phi) is 4.34. The standard InChI is InChI=1S/C16H19BrN2O/c1-12-8-13(15-4-2-3-5-16(15)18-12)10-19-6-7-20-14(9-17)11-19/h2-5,8,14H,6-7,9-11H2,1H3. The van der Waals surface area contributed by atoms with E-state index in [9.17, 15) is 0 Å². The number of hydrogen-bond donors (Lipinski definition) is 0. The molecule has 1 fully saturated rings. The number of pyridine rings is 1. The summed E-state index contributed by atoms with van der Waals surface area (Å²) in [4.78, 5) is 7.08. The molecule has 0 aliphatic carbocycles. The van der Waals surface area contributed by atoms with Crippen LogP contribution in [0.3, 0.4) is 0 Å². The Hall–Kier alpha value is -0.970. The number of halogens is 1. The molecule has 106 valence electrons. The number of fused-ring (bicyclic) bond motifs is 1. The number of morpholine rings is 1. The average Bonchev–Trinajstić information content (AvgIpc) is 2.47. The van der Waals surface area contributed by atoms with E-state index in [1.807, 2.05) is 6.07 Å². The minimum absolute atomic E-state index is 0.304. The van der Waals surface area contributed by atoms with Crippen LogP contribution in [0, 0.1) is 6.92 Å². The molecule has 3 rings (SSSR count). The van der Waals surface area contributed by atoms with E-state index < -0.39 is 0 Å². The Bertz CT molecular complexity index is 602. The molecule has 0 bridgehead atoms. The first kappa shape index (κ1) is 14.0. The van der Waals surface area contributed by atoms with Crippen LogP contribution in [0.1, 0.15) is 11.3 Å². The fourth-order valence-electron chi connectivity index (χ4n) is 2.78. The largest absolute Gasteiger partial charge is 0.375 e. The van der Waals surface area contributed by atoms with E-state index in [-0.39, 0.29) is 0 Å². The van der Waals surface area contributed by atoms with Gasteiger partial charge in [-0.25, -0.2) is 0 Å². The molecule has 2 aromatic rings. The van der Waals surface area contributed by atoms with E-state index in [1.165, 1.54) is 10.9 Å². The van der Waals surface area contributed by atoms with Crippen molar-refractivity contribution in [2.75, 3.05) is 25.0 Å². The molecule has 0 amide bonds. The summed E-state index contributed by atoms with van der Waals surface area (Å²) in [6, 6.07) is 10.6. The second-order valence-corrected chi connectivity index (χ2v) is 5.97. The van der Waals surface area contributed by atoms with Crippen molar-refractivity contribution in [2.45, 2.75) is 19.6 Å². The van der Waals surface area contributed by atoms with Crippen molar-refractivity contribution in [1.29, 1.82) is 0 Å². The molecule has 0 radical (unpaired) electrons. The topological polar surface area (TPSA) is 25.4 Å². The molecule has 1 aliphatic rings. The van der Waals surface area contributed by atoms with Crippen LogP contribution < -0.4 is 0 Å². The molecule has 1 aliphatic heterocycles. The predicted octanol–water partition coefficient (Wildman–Crippen LogP) is 3.14. The van der Waals surface area contributed by atoms with Gasteiger partial charge in [0.2, 0.25) is 0 Å². The fourth-order valence-corrected chi connectivity index (χ4v) is 3.18. The van der Waals surface area contributed by atoms with Crippen LogP contribution in [-0.2, 0) is 11.3 Å². The zero-order valence-electron chi connectivity index (χ0n) is 11.7. The molecule has 0 spiro atoms. The average molecular weight is 335 g/mol. The minimum Gasteiger partial charge on any atom is -0.375 e. The quantitative estimate of drug-likeness (QED) is 0.806. The van der Waals surface area contributed by atoms with E-state index in [0.717, 1.165) is 42.8 Å². The van der Waals surface area contributed by atoms with Gasteiger partial charge in [-0.15, -0.1) is 0 Å². The number of aromatic nitrogens is 1. The highest BCUT2D eigenvalue weighted by atomic mass is 79.9. The van der Waals surface area contributed by atoms with Crippen molar-refractivity contribution in [1.82, 2.24) is 9.88 Å².